The Morgan fingerprint density at radius 1 is 0.882 bits per heavy atom. The van der Waals surface area contributed by atoms with Gasteiger partial charge in [0.25, 0.3) is 0 Å². The number of sulfonamides is 1. The molecule has 1 fully saturated rings. The monoisotopic (exact) mass is 491 g/mol. The van der Waals surface area contributed by atoms with E-state index in [-0.39, 0.29) is 12.4 Å². The molecule has 0 atom stereocenters. The first kappa shape index (κ1) is 24.1. The first-order valence-corrected chi connectivity index (χ1v) is 12.1. The summed E-state index contributed by atoms with van der Waals surface area (Å²) >= 11 is 0. The van der Waals surface area contributed by atoms with Gasteiger partial charge in [0.1, 0.15) is 23.1 Å². The SMILES string of the molecule is CN(CCN1CCN(c2nccnc2-c2ccc(F)cc2)CC1)S(=O)(=O)c1cc(F)cc(F)c1. The van der Waals surface area contributed by atoms with Crippen LogP contribution in [0.3, 0.4) is 0 Å². The van der Waals surface area contributed by atoms with Crippen molar-refractivity contribution >= 4 is 15.8 Å². The molecule has 180 valence electrons. The van der Waals surface area contributed by atoms with Gasteiger partial charge in [-0.1, -0.05) is 0 Å². The van der Waals surface area contributed by atoms with E-state index in [0.29, 0.717) is 50.3 Å². The smallest absolute Gasteiger partial charge is 0.243 e. The minimum Gasteiger partial charge on any atom is -0.352 e. The Kier molecular flexibility index (Phi) is 7.15. The van der Waals surface area contributed by atoms with Gasteiger partial charge in [-0.2, -0.15) is 4.31 Å². The van der Waals surface area contributed by atoms with Gasteiger partial charge in [-0.15, -0.1) is 0 Å². The van der Waals surface area contributed by atoms with Gasteiger partial charge in [0.05, 0.1) is 4.90 Å². The van der Waals surface area contributed by atoms with Crippen LogP contribution in [-0.2, 0) is 10.0 Å². The van der Waals surface area contributed by atoms with Crippen LogP contribution in [0.25, 0.3) is 11.3 Å². The maximum Gasteiger partial charge on any atom is 0.243 e. The number of hydrogen-bond donors (Lipinski definition) is 0. The van der Waals surface area contributed by atoms with Crippen molar-refractivity contribution < 1.29 is 21.6 Å². The molecule has 1 saturated heterocycles. The first-order chi connectivity index (χ1) is 16.2. The Morgan fingerprint density at radius 2 is 1.50 bits per heavy atom. The van der Waals surface area contributed by atoms with E-state index < -0.39 is 26.6 Å². The number of hydrogen-bond acceptors (Lipinski definition) is 6. The molecule has 3 aromatic rings. The fourth-order valence-corrected chi connectivity index (χ4v) is 5.02. The van der Waals surface area contributed by atoms with Crippen LogP contribution in [0.4, 0.5) is 19.0 Å². The average Bonchev–Trinajstić information content (AvgIpc) is 2.83. The van der Waals surface area contributed by atoms with Crippen molar-refractivity contribution in [3.63, 3.8) is 0 Å². The lowest BCUT2D eigenvalue weighted by Gasteiger charge is -2.36. The van der Waals surface area contributed by atoms with Crippen molar-refractivity contribution in [2.24, 2.45) is 0 Å². The van der Waals surface area contributed by atoms with Crippen LogP contribution >= 0.6 is 0 Å². The third kappa shape index (κ3) is 5.37. The van der Waals surface area contributed by atoms with E-state index in [9.17, 15) is 21.6 Å². The maximum absolute atomic E-state index is 13.5. The molecule has 2 aromatic carbocycles. The topological polar surface area (TPSA) is 69.6 Å². The maximum atomic E-state index is 13.5. The van der Waals surface area contributed by atoms with E-state index in [0.717, 1.165) is 22.0 Å². The fourth-order valence-electron chi connectivity index (χ4n) is 3.82. The summed E-state index contributed by atoms with van der Waals surface area (Å²) in [5.74, 6) is -1.49. The molecule has 0 radical (unpaired) electrons. The summed E-state index contributed by atoms with van der Waals surface area (Å²) in [6.07, 6.45) is 3.21. The summed E-state index contributed by atoms with van der Waals surface area (Å²) in [4.78, 5) is 12.7. The molecule has 0 spiro atoms. The van der Waals surface area contributed by atoms with Gasteiger partial charge in [0.15, 0.2) is 5.82 Å². The molecule has 4 rings (SSSR count). The Morgan fingerprint density at radius 3 is 2.15 bits per heavy atom. The summed E-state index contributed by atoms with van der Waals surface area (Å²) in [7, 11) is -2.61. The molecule has 0 aliphatic carbocycles. The quantitative estimate of drug-likeness (QED) is 0.506. The van der Waals surface area contributed by atoms with E-state index in [4.69, 9.17) is 0 Å². The highest BCUT2D eigenvalue weighted by Gasteiger charge is 2.25. The van der Waals surface area contributed by atoms with Crippen LogP contribution in [0.5, 0.6) is 0 Å². The van der Waals surface area contributed by atoms with Gasteiger partial charge in [0.2, 0.25) is 10.0 Å². The predicted molar refractivity (Wildman–Crippen MR) is 122 cm³/mol. The number of anilines is 1. The van der Waals surface area contributed by atoms with Crippen molar-refractivity contribution in [1.29, 1.82) is 0 Å². The molecule has 0 N–H and O–H groups in total. The van der Waals surface area contributed by atoms with Crippen molar-refractivity contribution in [2.75, 3.05) is 51.2 Å². The highest BCUT2D eigenvalue weighted by molar-refractivity contribution is 7.89. The molecule has 1 aromatic heterocycles. The minimum atomic E-state index is -4.01. The molecule has 2 heterocycles. The summed E-state index contributed by atoms with van der Waals surface area (Å²) in [6.45, 7) is 3.28. The molecule has 1 aliphatic rings. The van der Waals surface area contributed by atoms with Gasteiger partial charge in [-0.3, -0.25) is 9.88 Å². The number of piperazine rings is 1. The molecule has 11 heteroatoms. The van der Waals surface area contributed by atoms with Crippen molar-refractivity contribution in [3.05, 3.63) is 72.3 Å². The molecular formula is C23H24F3N5O2S. The van der Waals surface area contributed by atoms with E-state index in [2.05, 4.69) is 19.8 Å². The second kappa shape index (κ2) is 10.1. The minimum absolute atomic E-state index is 0.173. The predicted octanol–water partition coefficient (Wildman–Crippen LogP) is 3.00. The molecule has 0 saturated carbocycles. The Balaban J connectivity index is 1.36. The number of aromatic nitrogens is 2. The molecule has 0 unspecified atom stereocenters. The Bertz CT molecular complexity index is 1230. The second-order valence-electron chi connectivity index (χ2n) is 8.00. The van der Waals surface area contributed by atoms with Crippen LogP contribution in [-0.4, -0.2) is 73.9 Å². The fraction of sp³-hybridized carbons (Fsp3) is 0.304. The standard InChI is InChI=1S/C23H24F3N5O2S/c1-29(34(32,33)21-15-19(25)14-20(26)16-21)8-9-30-10-12-31(13-11-30)23-22(27-6-7-28-23)17-2-4-18(24)5-3-17/h2-7,14-16H,8-13H2,1H3. The lowest BCUT2D eigenvalue weighted by atomic mass is 10.1. The zero-order chi connectivity index (χ0) is 24.3. The van der Waals surface area contributed by atoms with Crippen molar-refractivity contribution in [3.8, 4) is 11.3 Å². The Hall–Kier alpha value is -3.02. The lowest BCUT2D eigenvalue weighted by molar-refractivity contribution is 0.243. The van der Waals surface area contributed by atoms with Crippen LogP contribution in [0.2, 0.25) is 0 Å². The van der Waals surface area contributed by atoms with E-state index >= 15 is 0 Å². The molecule has 7 nitrogen and oxygen atoms in total. The average molecular weight is 492 g/mol. The van der Waals surface area contributed by atoms with Gasteiger partial charge < -0.3 is 4.90 Å². The van der Waals surface area contributed by atoms with Gasteiger partial charge in [-0.25, -0.2) is 26.6 Å². The highest BCUT2D eigenvalue weighted by Crippen LogP contribution is 2.27. The van der Waals surface area contributed by atoms with Gasteiger partial charge in [0, 0.05) is 70.3 Å². The number of benzene rings is 2. The molecule has 0 amide bonds. The summed E-state index contributed by atoms with van der Waals surface area (Å²) < 4.78 is 66.7. The second-order valence-corrected chi connectivity index (χ2v) is 10.0. The zero-order valence-electron chi connectivity index (χ0n) is 18.5. The molecule has 34 heavy (non-hydrogen) atoms. The van der Waals surface area contributed by atoms with Crippen LogP contribution in [0.15, 0.2) is 59.8 Å². The normalized spacial score (nSPS) is 15.1. The molecule has 1 aliphatic heterocycles. The Labute approximate surface area is 196 Å². The number of likely N-dealkylation sites (N-methyl/N-ethyl adjacent to an activating group) is 1. The first-order valence-electron chi connectivity index (χ1n) is 10.7. The third-order valence-electron chi connectivity index (χ3n) is 5.74. The molecular weight excluding hydrogens is 467 g/mol. The van der Waals surface area contributed by atoms with Gasteiger partial charge in [-0.05, 0) is 36.4 Å². The third-order valence-corrected chi connectivity index (χ3v) is 7.58. The van der Waals surface area contributed by atoms with E-state index in [1.54, 1.807) is 24.5 Å². The van der Waals surface area contributed by atoms with Crippen molar-refractivity contribution in [1.82, 2.24) is 19.2 Å². The summed E-state index contributed by atoms with van der Waals surface area (Å²) in [6, 6.07) is 8.36. The van der Waals surface area contributed by atoms with E-state index in [1.165, 1.54) is 19.2 Å². The summed E-state index contributed by atoms with van der Waals surface area (Å²) in [5.41, 5.74) is 1.44. The lowest BCUT2D eigenvalue weighted by Crippen LogP contribution is -2.49. The van der Waals surface area contributed by atoms with Crippen LogP contribution < -0.4 is 4.90 Å². The highest BCUT2D eigenvalue weighted by atomic mass is 32.2. The van der Waals surface area contributed by atoms with E-state index in [1.807, 2.05) is 0 Å². The van der Waals surface area contributed by atoms with Crippen LogP contribution in [0, 0.1) is 17.5 Å². The number of nitrogens with zero attached hydrogens (tertiary/aromatic N) is 5. The molecule has 0 bridgehead atoms. The number of rotatable bonds is 7. The largest absolute Gasteiger partial charge is 0.352 e. The number of halogens is 3. The summed E-state index contributed by atoms with van der Waals surface area (Å²) in [5, 5.41) is 0. The van der Waals surface area contributed by atoms with Crippen molar-refractivity contribution in [2.45, 2.75) is 4.90 Å². The zero-order valence-corrected chi connectivity index (χ0v) is 19.3. The van der Waals surface area contributed by atoms with Gasteiger partial charge >= 0.3 is 0 Å². The van der Waals surface area contributed by atoms with Crippen LogP contribution in [0.1, 0.15) is 0 Å².